The van der Waals surface area contributed by atoms with E-state index in [0.717, 1.165) is 12.8 Å². The molecule has 0 bridgehead atoms. The number of rotatable bonds is 6. The Labute approximate surface area is 212 Å². The van der Waals surface area contributed by atoms with E-state index in [9.17, 15) is 34.2 Å². The summed E-state index contributed by atoms with van der Waals surface area (Å²) in [6.07, 6.45) is 1.67. The maximum atomic E-state index is 13.8. The van der Waals surface area contributed by atoms with Gasteiger partial charge in [-0.1, -0.05) is 24.9 Å². The van der Waals surface area contributed by atoms with Gasteiger partial charge in [0.2, 0.25) is 5.91 Å². The lowest BCUT2D eigenvalue weighted by Gasteiger charge is -2.52. The van der Waals surface area contributed by atoms with Crippen molar-refractivity contribution >= 4 is 46.5 Å². The Morgan fingerprint density at radius 1 is 1.25 bits per heavy atom. The van der Waals surface area contributed by atoms with Crippen LogP contribution < -0.4 is 11.1 Å². The smallest absolute Gasteiger partial charge is 0.235 e. The molecule has 1 aromatic rings. The number of nitrogens with zero attached hydrogens (tertiary/aromatic N) is 2. The first kappa shape index (κ1) is 26.2. The van der Waals surface area contributed by atoms with Crippen molar-refractivity contribution in [2.24, 2.45) is 29.4 Å². The molecule has 1 amide bonds. The molecule has 11 nitrogen and oxygen atoms in total. The highest BCUT2D eigenvalue weighted by molar-refractivity contribution is 6.34. The molecule has 36 heavy (non-hydrogen) atoms. The van der Waals surface area contributed by atoms with Gasteiger partial charge in [0.05, 0.1) is 17.5 Å². The summed E-state index contributed by atoms with van der Waals surface area (Å²) >= 11 is 6.39. The lowest BCUT2D eigenvalue weighted by molar-refractivity contribution is -0.181. The Morgan fingerprint density at radius 2 is 1.92 bits per heavy atom. The van der Waals surface area contributed by atoms with Crippen LogP contribution in [0.4, 0.5) is 5.82 Å². The second kappa shape index (κ2) is 9.20. The minimum atomic E-state index is -2.76. The predicted molar refractivity (Wildman–Crippen MR) is 128 cm³/mol. The first-order valence-electron chi connectivity index (χ1n) is 11.9. The summed E-state index contributed by atoms with van der Waals surface area (Å²) in [5.41, 5.74) is 2.64. The number of halogens is 1. The minimum Gasteiger partial charge on any atom is -0.504 e. The van der Waals surface area contributed by atoms with E-state index < -0.39 is 70.1 Å². The highest BCUT2D eigenvalue weighted by atomic mass is 35.5. The number of pyridine rings is 1. The highest BCUT2D eigenvalue weighted by Crippen LogP contribution is 2.51. The third-order valence-corrected chi connectivity index (χ3v) is 8.01. The fourth-order valence-electron chi connectivity index (χ4n) is 6.02. The van der Waals surface area contributed by atoms with Gasteiger partial charge in [-0.15, -0.1) is 0 Å². The monoisotopic (exact) mass is 520 g/mol. The van der Waals surface area contributed by atoms with Gasteiger partial charge in [0.15, 0.2) is 46.2 Å². The van der Waals surface area contributed by atoms with Gasteiger partial charge in [0, 0.05) is 18.0 Å². The van der Waals surface area contributed by atoms with Crippen molar-refractivity contribution in [3.05, 3.63) is 16.3 Å². The molecule has 3 aliphatic rings. The van der Waals surface area contributed by atoms with E-state index in [-0.39, 0.29) is 34.9 Å². The van der Waals surface area contributed by atoms with Crippen LogP contribution in [0.15, 0.2) is 0 Å². The van der Waals surface area contributed by atoms with E-state index in [1.54, 1.807) is 0 Å². The molecule has 4 rings (SSSR count). The van der Waals surface area contributed by atoms with Gasteiger partial charge >= 0.3 is 0 Å². The van der Waals surface area contributed by atoms with E-state index in [1.165, 1.54) is 19.0 Å². The van der Waals surface area contributed by atoms with Gasteiger partial charge < -0.3 is 21.3 Å². The largest absolute Gasteiger partial charge is 0.504 e. The number of Topliss-reactive ketones (excluding diaryl/α,β-unsaturated/α-hetero) is 4. The molecule has 0 spiro atoms. The summed E-state index contributed by atoms with van der Waals surface area (Å²) in [5.74, 6) is -11.1. The third-order valence-electron chi connectivity index (χ3n) is 7.70. The number of nitrogens with one attached hydrogen (secondary N) is 1. The molecule has 0 radical (unpaired) electrons. The van der Waals surface area contributed by atoms with Gasteiger partial charge in [0.25, 0.3) is 0 Å². The fourth-order valence-corrected chi connectivity index (χ4v) is 6.28. The quantitative estimate of drug-likeness (QED) is 0.228. The third kappa shape index (κ3) is 3.63. The molecule has 6 atom stereocenters. The standard InChI is InChI=1S/C24H29ClN4O7/c1-4-5-6-27-23-18(32)13-10(21(25)28-23)7-9-8-11-15(29(2)3)17(31)14(22(26)35)20(34)24(11,36)19(33)12(9)16(13)30/h9,11-12,14-15,32,36H,4-8H2,1-3H3,(H2,26,35)(H,27,28)/t9-,11-,12?,14?,15-,24-/m0/s1. The molecule has 12 heteroatoms. The van der Waals surface area contributed by atoms with E-state index >= 15 is 0 Å². The van der Waals surface area contributed by atoms with Crippen LogP contribution in [0.5, 0.6) is 5.75 Å². The molecule has 5 N–H and O–H groups in total. The molecule has 0 saturated heterocycles. The van der Waals surface area contributed by atoms with Crippen LogP contribution in [0, 0.1) is 23.7 Å². The zero-order valence-corrected chi connectivity index (χ0v) is 21.0. The van der Waals surface area contributed by atoms with Crippen LogP contribution >= 0.6 is 11.6 Å². The first-order valence-corrected chi connectivity index (χ1v) is 12.2. The Hall–Kier alpha value is -2.89. The number of amides is 1. The SMILES string of the molecule is CCCCNc1nc(Cl)c2c(c1O)C(=O)C1C(=O)[C@]3(O)C(=O)C(C(N)=O)C(=O)[C@@H](N(C)C)[C@@H]3C[C@@H]1C2. The summed E-state index contributed by atoms with van der Waals surface area (Å²) in [4.78, 5) is 71.4. The number of nitrogens with two attached hydrogens (primary N) is 1. The number of aromatic nitrogens is 1. The van der Waals surface area contributed by atoms with Crippen LogP contribution in [0.1, 0.15) is 42.1 Å². The summed E-state index contributed by atoms with van der Waals surface area (Å²) in [6, 6.07) is -1.15. The molecule has 3 aliphatic carbocycles. The van der Waals surface area contributed by atoms with Crippen LogP contribution in [-0.4, -0.2) is 81.4 Å². The summed E-state index contributed by atoms with van der Waals surface area (Å²) in [5, 5.41) is 25.3. The van der Waals surface area contributed by atoms with Crippen LogP contribution in [0.25, 0.3) is 0 Å². The zero-order valence-electron chi connectivity index (χ0n) is 20.2. The van der Waals surface area contributed by atoms with Crippen molar-refractivity contribution in [1.82, 2.24) is 9.88 Å². The number of anilines is 1. The number of ketones is 4. The average molecular weight is 521 g/mol. The Morgan fingerprint density at radius 3 is 2.50 bits per heavy atom. The van der Waals surface area contributed by atoms with E-state index in [1.807, 2.05) is 6.92 Å². The van der Waals surface area contributed by atoms with Crippen LogP contribution in [-0.2, 0) is 25.6 Å². The highest BCUT2D eigenvalue weighted by Gasteiger charge is 2.69. The molecular weight excluding hydrogens is 492 g/mol. The second-order valence-electron chi connectivity index (χ2n) is 10.0. The van der Waals surface area contributed by atoms with Gasteiger partial charge in [-0.25, -0.2) is 4.98 Å². The molecule has 2 fully saturated rings. The minimum absolute atomic E-state index is 0.000324. The average Bonchev–Trinajstić information content (AvgIpc) is 2.79. The van der Waals surface area contributed by atoms with E-state index in [2.05, 4.69) is 10.3 Å². The predicted octanol–water partition coefficient (Wildman–Crippen LogP) is 0.127. The van der Waals surface area contributed by atoms with Crippen molar-refractivity contribution in [2.45, 2.75) is 44.2 Å². The molecule has 0 aliphatic heterocycles. The number of hydrogen-bond donors (Lipinski definition) is 4. The van der Waals surface area contributed by atoms with Gasteiger partial charge in [-0.05, 0) is 39.3 Å². The van der Waals surface area contributed by atoms with E-state index in [0.29, 0.717) is 6.54 Å². The summed E-state index contributed by atoms with van der Waals surface area (Å²) < 4.78 is 0. The number of hydrogen-bond acceptors (Lipinski definition) is 10. The molecule has 1 aromatic heterocycles. The van der Waals surface area contributed by atoms with Crippen LogP contribution in [0.3, 0.4) is 0 Å². The Bertz CT molecular complexity index is 1190. The molecule has 2 saturated carbocycles. The van der Waals surface area contributed by atoms with Crippen molar-refractivity contribution in [2.75, 3.05) is 26.0 Å². The number of fused-ring (bicyclic) bond motifs is 3. The summed E-state index contributed by atoms with van der Waals surface area (Å²) in [6.45, 7) is 2.45. The molecule has 1 heterocycles. The maximum absolute atomic E-state index is 13.8. The molecule has 2 unspecified atom stereocenters. The van der Waals surface area contributed by atoms with Crippen molar-refractivity contribution in [3.63, 3.8) is 0 Å². The fraction of sp³-hybridized carbons (Fsp3) is 0.583. The number of aliphatic hydroxyl groups is 1. The second-order valence-corrected chi connectivity index (χ2v) is 10.4. The normalized spacial score (nSPS) is 31.7. The number of primary amides is 1. The van der Waals surface area contributed by atoms with Crippen molar-refractivity contribution in [1.29, 1.82) is 0 Å². The van der Waals surface area contributed by atoms with Gasteiger partial charge in [0.1, 0.15) is 5.15 Å². The Kier molecular flexibility index (Phi) is 6.69. The van der Waals surface area contributed by atoms with E-state index in [4.69, 9.17) is 17.3 Å². The lowest BCUT2D eigenvalue weighted by atomic mass is 9.52. The molecule has 0 aromatic carbocycles. The Balaban J connectivity index is 1.82. The van der Waals surface area contributed by atoms with Crippen LogP contribution in [0.2, 0.25) is 5.15 Å². The lowest BCUT2D eigenvalue weighted by Crippen LogP contribution is -2.74. The van der Waals surface area contributed by atoms with Gasteiger partial charge in [-0.3, -0.25) is 28.9 Å². The number of unbranched alkanes of at least 4 members (excludes halogenated alkanes) is 1. The van der Waals surface area contributed by atoms with Gasteiger partial charge in [-0.2, -0.15) is 0 Å². The number of likely N-dealkylation sites (N-methyl/N-ethyl adjacent to an activating group) is 1. The molecular formula is C24H29ClN4O7. The maximum Gasteiger partial charge on any atom is 0.235 e. The zero-order chi connectivity index (χ0) is 26.7. The number of carbonyl (C=O) groups is 5. The molecule has 194 valence electrons. The topological polar surface area (TPSA) is 180 Å². The van der Waals surface area contributed by atoms with Crippen molar-refractivity contribution < 1.29 is 34.2 Å². The van der Waals surface area contributed by atoms with Crippen molar-refractivity contribution in [3.8, 4) is 5.75 Å². The first-order chi connectivity index (χ1) is 16.9. The summed E-state index contributed by atoms with van der Waals surface area (Å²) in [7, 11) is 3.06. The number of carbonyl (C=O) groups excluding carboxylic acids is 5. The number of aromatic hydroxyl groups is 1.